The predicted octanol–water partition coefficient (Wildman–Crippen LogP) is -0.117. The van der Waals surface area contributed by atoms with Crippen LogP contribution in [0.2, 0.25) is 0 Å². The Kier molecular flexibility index (Phi) is 9.07. The van der Waals surface area contributed by atoms with Gasteiger partial charge < -0.3 is 10.1 Å². The Morgan fingerprint density at radius 1 is 1.26 bits per heavy atom. The van der Waals surface area contributed by atoms with E-state index in [1.807, 2.05) is 0 Å². The van der Waals surface area contributed by atoms with E-state index in [9.17, 15) is 14.4 Å². The molecule has 0 radical (unpaired) electrons. The first-order chi connectivity index (χ1) is 9.03. The van der Waals surface area contributed by atoms with Crippen LogP contribution in [-0.4, -0.2) is 55.6 Å². The summed E-state index contributed by atoms with van der Waals surface area (Å²) in [6.07, 6.45) is 1.57. The Balaban J connectivity index is 4.24. The molecule has 0 aliphatic carbocycles. The number of ether oxygens (including phenoxy) is 1. The van der Waals surface area contributed by atoms with E-state index < -0.39 is 17.9 Å². The van der Waals surface area contributed by atoms with Gasteiger partial charge in [-0.1, -0.05) is 6.08 Å². The molecule has 0 unspecified atom stereocenters. The number of imide groups is 1. The van der Waals surface area contributed by atoms with E-state index in [0.717, 1.165) is 0 Å². The van der Waals surface area contributed by atoms with Gasteiger partial charge in [-0.15, -0.1) is 6.58 Å². The summed E-state index contributed by atoms with van der Waals surface area (Å²) in [5.74, 6) is -0.910. The summed E-state index contributed by atoms with van der Waals surface area (Å²) in [7, 11) is 0. The molecule has 0 bridgehead atoms. The van der Waals surface area contributed by atoms with E-state index in [2.05, 4.69) is 17.2 Å². The third-order valence-electron chi connectivity index (χ3n) is 2.00. The van der Waals surface area contributed by atoms with Crippen LogP contribution in [0.15, 0.2) is 12.7 Å². The molecule has 0 aliphatic rings. The van der Waals surface area contributed by atoms with Gasteiger partial charge in [0, 0.05) is 13.1 Å². The lowest BCUT2D eigenvalue weighted by molar-refractivity contribution is -0.144. The van der Waals surface area contributed by atoms with Gasteiger partial charge in [-0.2, -0.15) is 0 Å². The third kappa shape index (κ3) is 8.78. The molecule has 0 heterocycles. The minimum Gasteiger partial charge on any atom is -0.465 e. The molecule has 0 aliphatic heterocycles. The normalized spacial score (nSPS) is 9.84. The van der Waals surface area contributed by atoms with E-state index >= 15 is 0 Å². The molecular formula is C12H21N3O4. The van der Waals surface area contributed by atoms with Gasteiger partial charge >= 0.3 is 12.0 Å². The van der Waals surface area contributed by atoms with Crippen LogP contribution < -0.4 is 10.6 Å². The molecule has 0 saturated carbocycles. The van der Waals surface area contributed by atoms with Crippen molar-refractivity contribution in [2.45, 2.75) is 13.8 Å². The van der Waals surface area contributed by atoms with Crippen molar-refractivity contribution < 1.29 is 19.1 Å². The van der Waals surface area contributed by atoms with Crippen molar-refractivity contribution >= 4 is 17.9 Å². The fourth-order valence-electron chi connectivity index (χ4n) is 1.33. The lowest BCUT2D eigenvalue weighted by Gasteiger charge is -2.18. The van der Waals surface area contributed by atoms with E-state index in [-0.39, 0.29) is 19.7 Å². The third-order valence-corrected chi connectivity index (χ3v) is 2.00. The quantitative estimate of drug-likeness (QED) is 0.475. The van der Waals surface area contributed by atoms with Gasteiger partial charge in [0.25, 0.3) is 0 Å². The van der Waals surface area contributed by atoms with Crippen LogP contribution >= 0.6 is 0 Å². The second-order valence-corrected chi connectivity index (χ2v) is 3.67. The fourth-order valence-corrected chi connectivity index (χ4v) is 1.33. The summed E-state index contributed by atoms with van der Waals surface area (Å²) in [6.45, 7) is 7.95. The van der Waals surface area contributed by atoms with E-state index in [1.165, 1.54) is 4.90 Å². The van der Waals surface area contributed by atoms with Crippen molar-refractivity contribution in [3.05, 3.63) is 12.7 Å². The number of hydrogen-bond acceptors (Lipinski definition) is 5. The fraction of sp³-hybridized carbons (Fsp3) is 0.583. The van der Waals surface area contributed by atoms with Gasteiger partial charge in [-0.05, 0) is 13.8 Å². The average molecular weight is 271 g/mol. The number of carbonyl (C=O) groups is 3. The molecule has 7 nitrogen and oxygen atoms in total. The SMILES string of the molecule is C=CCN(CC(=O)NC(=O)NCC)CC(=O)OCC. The molecule has 108 valence electrons. The Labute approximate surface area is 113 Å². The van der Waals surface area contributed by atoms with Crippen LogP contribution in [0.1, 0.15) is 13.8 Å². The van der Waals surface area contributed by atoms with Crippen molar-refractivity contribution in [3.63, 3.8) is 0 Å². The van der Waals surface area contributed by atoms with Crippen molar-refractivity contribution in [1.29, 1.82) is 0 Å². The minimum atomic E-state index is -0.554. The van der Waals surface area contributed by atoms with E-state index in [1.54, 1.807) is 19.9 Å². The van der Waals surface area contributed by atoms with Gasteiger partial charge in [0.05, 0.1) is 19.7 Å². The molecule has 0 aromatic carbocycles. The standard InChI is InChI=1S/C12H21N3O4/c1-4-7-15(9-11(17)19-6-3)8-10(16)14-12(18)13-5-2/h4H,1,5-9H2,2-3H3,(H2,13,14,16,18). The van der Waals surface area contributed by atoms with Crippen molar-refractivity contribution in [2.75, 3.05) is 32.8 Å². The zero-order chi connectivity index (χ0) is 14.7. The monoisotopic (exact) mass is 271 g/mol. The molecule has 7 heteroatoms. The maximum atomic E-state index is 11.6. The maximum absolute atomic E-state index is 11.6. The number of rotatable bonds is 8. The molecule has 3 amide bonds. The first kappa shape index (κ1) is 17.1. The van der Waals surface area contributed by atoms with Crippen LogP contribution in [-0.2, 0) is 14.3 Å². The van der Waals surface area contributed by atoms with Crippen LogP contribution in [0.25, 0.3) is 0 Å². The van der Waals surface area contributed by atoms with Crippen molar-refractivity contribution in [2.24, 2.45) is 0 Å². The van der Waals surface area contributed by atoms with Crippen LogP contribution in [0.5, 0.6) is 0 Å². The average Bonchev–Trinajstić information content (AvgIpc) is 2.29. The van der Waals surface area contributed by atoms with Crippen molar-refractivity contribution in [3.8, 4) is 0 Å². The molecule has 2 N–H and O–H groups in total. The maximum Gasteiger partial charge on any atom is 0.321 e. The summed E-state index contributed by atoms with van der Waals surface area (Å²) in [6, 6.07) is -0.554. The molecule has 19 heavy (non-hydrogen) atoms. The van der Waals surface area contributed by atoms with Gasteiger partial charge in [0.1, 0.15) is 0 Å². The van der Waals surface area contributed by atoms with Crippen molar-refractivity contribution in [1.82, 2.24) is 15.5 Å². The molecule has 0 atom stereocenters. The van der Waals surface area contributed by atoms with Gasteiger partial charge in [-0.25, -0.2) is 4.79 Å². The molecule has 0 rings (SSSR count). The summed E-state index contributed by atoms with van der Waals surface area (Å²) < 4.78 is 4.79. The highest BCUT2D eigenvalue weighted by atomic mass is 16.5. The van der Waals surface area contributed by atoms with Gasteiger partial charge in [0.15, 0.2) is 0 Å². The minimum absolute atomic E-state index is 0.0251. The topological polar surface area (TPSA) is 87.7 Å². The number of hydrogen-bond donors (Lipinski definition) is 2. The summed E-state index contributed by atoms with van der Waals surface area (Å²) >= 11 is 0. The first-order valence-corrected chi connectivity index (χ1v) is 6.10. The van der Waals surface area contributed by atoms with Gasteiger partial charge in [0.2, 0.25) is 5.91 Å². The second-order valence-electron chi connectivity index (χ2n) is 3.67. The largest absolute Gasteiger partial charge is 0.465 e. The highest BCUT2D eigenvalue weighted by Gasteiger charge is 2.15. The molecule has 0 aromatic heterocycles. The Morgan fingerprint density at radius 2 is 1.95 bits per heavy atom. The number of nitrogens with one attached hydrogen (secondary N) is 2. The summed E-state index contributed by atoms with van der Waals surface area (Å²) in [5.41, 5.74) is 0. The second kappa shape index (κ2) is 10.1. The van der Waals surface area contributed by atoms with Crippen LogP contribution in [0.3, 0.4) is 0 Å². The molecule has 0 saturated heterocycles. The number of amides is 3. The number of urea groups is 1. The zero-order valence-corrected chi connectivity index (χ0v) is 11.4. The molecular weight excluding hydrogens is 250 g/mol. The van der Waals surface area contributed by atoms with Crippen LogP contribution in [0, 0.1) is 0 Å². The number of esters is 1. The Morgan fingerprint density at radius 3 is 2.47 bits per heavy atom. The van der Waals surface area contributed by atoms with E-state index in [4.69, 9.17) is 4.74 Å². The first-order valence-electron chi connectivity index (χ1n) is 6.10. The number of nitrogens with zero attached hydrogens (tertiary/aromatic N) is 1. The summed E-state index contributed by atoms with van der Waals surface area (Å²) in [5, 5.41) is 4.60. The summed E-state index contributed by atoms with van der Waals surface area (Å²) in [4.78, 5) is 35.5. The molecule has 0 fully saturated rings. The lowest BCUT2D eigenvalue weighted by atomic mass is 10.4. The van der Waals surface area contributed by atoms with Crippen LogP contribution in [0.4, 0.5) is 4.79 Å². The number of carbonyl (C=O) groups excluding carboxylic acids is 3. The lowest BCUT2D eigenvalue weighted by Crippen LogP contribution is -2.45. The molecule has 0 aromatic rings. The Hall–Kier alpha value is -1.89. The predicted molar refractivity (Wildman–Crippen MR) is 70.5 cm³/mol. The highest BCUT2D eigenvalue weighted by Crippen LogP contribution is 1.91. The Bertz CT molecular complexity index is 331. The molecule has 0 spiro atoms. The zero-order valence-electron chi connectivity index (χ0n) is 11.4. The van der Waals surface area contributed by atoms with E-state index in [0.29, 0.717) is 13.1 Å². The van der Waals surface area contributed by atoms with Gasteiger partial charge in [-0.3, -0.25) is 19.8 Å². The highest BCUT2D eigenvalue weighted by molar-refractivity contribution is 5.95. The smallest absolute Gasteiger partial charge is 0.321 e.